The van der Waals surface area contributed by atoms with Gasteiger partial charge < -0.3 is 15.2 Å². The summed E-state index contributed by atoms with van der Waals surface area (Å²) in [5.41, 5.74) is -0.183. The van der Waals surface area contributed by atoms with Gasteiger partial charge in [0.2, 0.25) is 5.91 Å². The van der Waals surface area contributed by atoms with Crippen LogP contribution in [-0.2, 0) is 9.53 Å². The van der Waals surface area contributed by atoms with Crippen molar-refractivity contribution in [2.24, 2.45) is 11.3 Å². The van der Waals surface area contributed by atoms with Gasteiger partial charge in [-0.3, -0.25) is 4.79 Å². The number of rotatable bonds is 4. The van der Waals surface area contributed by atoms with E-state index in [1.807, 2.05) is 13.8 Å². The summed E-state index contributed by atoms with van der Waals surface area (Å²) in [7, 11) is 0. The van der Waals surface area contributed by atoms with E-state index >= 15 is 0 Å². The Bertz CT molecular complexity index is 329. The van der Waals surface area contributed by atoms with Crippen LogP contribution in [0.25, 0.3) is 0 Å². The Labute approximate surface area is 115 Å². The minimum absolute atomic E-state index is 0.122. The Morgan fingerprint density at radius 1 is 1.42 bits per heavy atom. The zero-order valence-electron chi connectivity index (χ0n) is 12.3. The number of hydrogen-bond donors (Lipinski definition) is 2. The molecule has 4 heteroatoms. The third-order valence-electron chi connectivity index (χ3n) is 4.96. The molecule has 2 N–H and O–H groups in total. The van der Waals surface area contributed by atoms with Crippen LogP contribution in [0.15, 0.2) is 0 Å². The van der Waals surface area contributed by atoms with Gasteiger partial charge in [-0.25, -0.2) is 0 Å². The van der Waals surface area contributed by atoms with Gasteiger partial charge in [0.25, 0.3) is 0 Å². The number of ether oxygens (including phenoxy) is 1. The molecule has 1 aliphatic heterocycles. The molecule has 4 atom stereocenters. The highest BCUT2D eigenvalue weighted by Gasteiger charge is 2.47. The lowest BCUT2D eigenvalue weighted by Gasteiger charge is -2.49. The summed E-state index contributed by atoms with van der Waals surface area (Å²) >= 11 is 0. The van der Waals surface area contributed by atoms with E-state index in [2.05, 4.69) is 12.2 Å². The monoisotopic (exact) mass is 269 g/mol. The molecule has 4 nitrogen and oxygen atoms in total. The number of carbonyl (C=O) groups is 1. The molecular weight excluding hydrogens is 242 g/mol. The van der Waals surface area contributed by atoms with Gasteiger partial charge in [0.05, 0.1) is 12.2 Å². The summed E-state index contributed by atoms with van der Waals surface area (Å²) in [4.78, 5) is 12.1. The SMILES string of the molecule is CCC1CC(CC(=O)NC2CC(O)C2(C)C)CCO1. The maximum Gasteiger partial charge on any atom is 0.220 e. The molecule has 0 radical (unpaired) electrons. The van der Waals surface area contributed by atoms with E-state index in [-0.39, 0.29) is 23.5 Å². The molecule has 0 aromatic rings. The summed E-state index contributed by atoms with van der Waals surface area (Å²) in [5, 5.41) is 12.8. The maximum atomic E-state index is 12.1. The van der Waals surface area contributed by atoms with E-state index in [9.17, 15) is 9.90 Å². The van der Waals surface area contributed by atoms with Crippen molar-refractivity contribution >= 4 is 5.91 Å². The average Bonchev–Trinajstić information content (AvgIpc) is 2.38. The minimum atomic E-state index is -0.287. The van der Waals surface area contributed by atoms with Crippen LogP contribution in [0.1, 0.15) is 52.9 Å². The van der Waals surface area contributed by atoms with Crippen molar-refractivity contribution in [3.05, 3.63) is 0 Å². The zero-order valence-corrected chi connectivity index (χ0v) is 12.3. The second-order valence-electron chi connectivity index (χ2n) is 6.69. The molecule has 2 fully saturated rings. The molecule has 2 aliphatic rings. The van der Waals surface area contributed by atoms with Crippen molar-refractivity contribution in [2.45, 2.75) is 71.1 Å². The Morgan fingerprint density at radius 2 is 2.16 bits per heavy atom. The van der Waals surface area contributed by atoms with Crippen LogP contribution in [-0.4, -0.2) is 35.9 Å². The number of nitrogens with one attached hydrogen (secondary N) is 1. The Kier molecular flexibility index (Phi) is 4.51. The summed E-state index contributed by atoms with van der Waals surface area (Å²) in [5.74, 6) is 0.582. The molecule has 1 amide bonds. The van der Waals surface area contributed by atoms with Gasteiger partial charge in [0, 0.05) is 24.5 Å². The highest BCUT2D eigenvalue weighted by atomic mass is 16.5. The van der Waals surface area contributed by atoms with Crippen molar-refractivity contribution in [3.8, 4) is 0 Å². The maximum absolute atomic E-state index is 12.1. The van der Waals surface area contributed by atoms with Gasteiger partial charge >= 0.3 is 0 Å². The zero-order chi connectivity index (χ0) is 14.0. The Hall–Kier alpha value is -0.610. The molecular formula is C15H27NO3. The highest BCUT2D eigenvalue weighted by molar-refractivity contribution is 5.76. The molecule has 0 aromatic heterocycles. The first-order chi connectivity index (χ1) is 8.93. The van der Waals surface area contributed by atoms with E-state index < -0.39 is 0 Å². The standard InChI is InChI=1S/C15H27NO3/c1-4-11-7-10(5-6-19-11)8-14(18)16-12-9-13(17)15(12,2)3/h10-13,17H,4-9H2,1-3H3,(H,16,18). The molecule has 110 valence electrons. The van der Waals surface area contributed by atoms with Crippen molar-refractivity contribution in [3.63, 3.8) is 0 Å². The second kappa shape index (κ2) is 5.80. The number of amides is 1. The van der Waals surface area contributed by atoms with Crippen molar-refractivity contribution in [1.29, 1.82) is 0 Å². The third kappa shape index (κ3) is 3.29. The number of aliphatic hydroxyl groups is 1. The smallest absolute Gasteiger partial charge is 0.220 e. The van der Waals surface area contributed by atoms with Crippen LogP contribution in [0.5, 0.6) is 0 Å². The normalized spacial score (nSPS) is 37.5. The molecule has 1 saturated heterocycles. The lowest BCUT2D eigenvalue weighted by Crippen LogP contribution is -2.61. The minimum Gasteiger partial charge on any atom is -0.392 e. The van der Waals surface area contributed by atoms with Gasteiger partial charge in [0.15, 0.2) is 0 Å². The Morgan fingerprint density at radius 3 is 2.74 bits per heavy atom. The van der Waals surface area contributed by atoms with E-state index in [1.165, 1.54) is 0 Å². The molecule has 0 bridgehead atoms. The fourth-order valence-electron chi connectivity index (χ4n) is 3.09. The highest BCUT2D eigenvalue weighted by Crippen LogP contribution is 2.40. The predicted molar refractivity (Wildman–Crippen MR) is 73.7 cm³/mol. The molecule has 1 heterocycles. The fourth-order valence-corrected chi connectivity index (χ4v) is 3.09. The molecule has 4 unspecified atom stereocenters. The number of aliphatic hydroxyl groups excluding tert-OH is 1. The van der Waals surface area contributed by atoms with Gasteiger partial charge in [0.1, 0.15) is 0 Å². The van der Waals surface area contributed by atoms with Crippen molar-refractivity contribution in [2.75, 3.05) is 6.61 Å². The van der Waals surface area contributed by atoms with Crippen LogP contribution >= 0.6 is 0 Å². The van der Waals surface area contributed by atoms with Crippen LogP contribution in [0, 0.1) is 11.3 Å². The van der Waals surface area contributed by atoms with Gasteiger partial charge in [-0.2, -0.15) is 0 Å². The second-order valence-corrected chi connectivity index (χ2v) is 6.69. The first kappa shape index (κ1) is 14.8. The summed E-state index contributed by atoms with van der Waals surface area (Å²) in [6.45, 7) is 6.93. The van der Waals surface area contributed by atoms with Gasteiger partial charge in [-0.05, 0) is 31.6 Å². The third-order valence-corrected chi connectivity index (χ3v) is 4.96. The molecule has 19 heavy (non-hydrogen) atoms. The van der Waals surface area contributed by atoms with E-state index in [0.717, 1.165) is 25.9 Å². The van der Waals surface area contributed by atoms with Gasteiger partial charge in [-0.15, -0.1) is 0 Å². The summed E-state index contributed by atoms with van der Waals surface area (Å²) in [6, 6.07) is 0.122. The molecule has 1 saturated carbocycles. The average molecular weight is 269 g/mol. The van der Waals surface area contributed by atoms with Crippen LogP contribution in [0.4, 0.5) is 0 Å². The largest absolute Gasteiger partial charge is 0.392 e. The lowest BCUT2D eigenvalue weighted by molar-refractivity contribution is -0.131. The summed E-state index contributed by atoms with van der Waals surface area (Å²) in [6.07, 6.45) is 4.34. The topological polar surface area (TPSA) is 58.6 Å². The number of hydrogen-bond acceptors (Lipinski definition) is 3. The lowest BCUT2D eigenvalue weighted by atomic mass is 9.64. The predicted octanol–water partition coefficient (Wildman–Crippen LogP) is 1.86. The first-order valence-corrected chi connectivity index (χ1v) is 7.52. The first-order valence-electron chi connectivity index (χ1n) is 7.52. The fraction of sp³-hybridized carbons (Fsp3) is 0.933. The number of carbonyl (C=O) groups excluding carboxylic acids is 1. The van der Waals surface area contributed by atoms with Crippen molar-refractivity contribution in [1.82, 2.24) is 5.32 Å². The molecule has 1 aliphatic carbocycles. The Balaban J connectivity index is 1.76. The quantitative estimate of drug-likeness (QED) is 0.819. The molecule has 2 rings (SSSR count). The van der Waals surface area contributed by atoms with E-state index in [0.29, 0.717) is 24.9 Å². The summed E-state index contributed by atoms with van der Waals surface area (Å²) < 4.78 is 5.63. The van der Waals surface area contributed by atoms with E-state index in [4.69, 9.17) is 4.74 Å². The molecule has 0 spiro atoms. The molecule has 0 aromatic carbocycles. The van der Waals surface area contributed by atoms with E-state index in [1.54, 1.807) is 0 Å². The van der Waals surface area contributed by atoms with Crippen LogP contribution in [0.2, 0.25) is 0 Å². The van der Waals surface area contributed by atoms with Crippen molar-refractivity contribution < 1.29 is 14.6 Å². The van der Waals surface area contributed by atoms with Crippen LogP contribution in [0.3, 0.4) is 0 Å². The van der Waals surface area contributed by atoms with Crippen LogP contribution < -0.4 is 5.32 Å². The van der Waals surface area contributed by atoms with Gasteiger partial charge in [-0.1, -0.05) is 20.8 Å².